The second kappa shape index (κ2) is 9.79. The summed E-state index contributed by atoms with van der Waals surface area (Å²) >= 11 is 0. The largest absolute Gasteiger partial charge is 0.491 e. The first-order valence-corrected chi connectivity index (χ1v) is 9.38. The Bertz CT molecular complexity index is 845. The minimum atomic E-state index is -0.0973. The minimum absolute atomic E-state index is 0.0120. The molecule has 0 amide bonds. The van der Waals surface area contributed by atoms with Gasteiger partial charge in [-0.2, -0.15) is 0 Å². The summed E-state index contributed by atoms with van der Waals surface area (Å²) in [4.78, 5) is 12.5. The Morgan fingerprint density at radius 2 is 1.54 bits per heavy atom. The lowest BCUT2D eigenvalue weighted by molar-refractivity contribution is 0.104. The van der Waals surface area contributed by atoms with Crippen LogP contribution in [0, 0.1) is 0 Å². The van der Waals surface area contributed by atoms with E-state index in [-0.39, 0.29) is 18.0 Å². The number of hydrogen-bond donors (Lipinski definition) is 0. The van der Waals surface area contributed by atoms with Crippen molar-refractivity contribution in [2.45, 2.75) is 46.8 Å². The van der Waals surface area contributed by atoms with Gasteiger partial charge in [0.25, 0.3) is 0 Å². The zero-order valence-corrected chi connectivity index (χ0v) is 17.2. The van der Waals surface area contributed by atoms with Gasteiger partial charge in [-0.3, -0.25) is 4.79 Å². The SMILES string of the molecule is C=C(C)Oc1ccc(C(=O)/C=C/c2ccc(OC(C)C)cc2OC(C)C)cc1. The molecule has 0 spiro atoms. The molecule has 0 aliphatic rings. The molecule has 2 aromatic carbocycles. The number of carbonyl (C=O) groups is 1. The lowest BCUT2D eigenvalue weighted by Crippen LogP contribution is -2.09. The number of ether oxygens (including phenoxy) is 3. The van der Waals surface area contributed by atoms with Crippen LogP contribution in [0.3, 0.4) is 0 Å². The molecule has 4 nitrogen and oxygen atoms in total. The second-order valence-electron chi connectivity index (χ2n) is 7.06. The third-order valence-corrected chi connectivity index (χ3v) is 3.56. The number of benzene rings is 2. The minimum Gasteiger partial charge on any atom is -0.491 e. The Labute approximate surface area is 167 Å². The van der Waals surface area contributed by atoms with Crippen LogP contribution in [0.5, 0.6) is 17.2 Å². The van der Waals surface area contributed by atoms with Crippen molar-refractivity contribution in [1.29, 1.82) is 0 Å². The first-order valence-electron chi connectivity index (χ1n) is 9.38. The molecule has 4 heteroatoms. The lowest BCUT2D eigenvalue weighted by atomic mass is 10.1. The molecule has 2 aromatic rings. The fourth-order valence-corrected chi connectivity index (χ4v) is 2.50. The molecule has 0 N–H and O–H groups in total. The summed E-state index contributed by atoms with van der Waals surface area (Å²) in [5, 5.41) is 0. The van der Waals surface area contributed by atoms with Gasteiger partial charge in [0, 0.05) is 17.2 Å². The van der Waals surface area contributed by atoms with E-state index in [0.717, 1.165) is 11.3 Å². The number of hydrogen-bond acceptors (Lipinski definition) is 4. The van der Waals surface area contributed by atoms with Crippen molar-refractivity contribution < 1.29 is 19.0 Å². The molecule has 0 unspecified atom stereocenters. The lowest BCUT2D eigenvalue weighted by Gasteiger charge is -2.16. The summed E-state index contributed by atoms with van der Waals surface area (Å²) in [6, 6.07) is 12.6. The van der Waals surface area contributed by atoms with Crippen LogP contribution in [0.15, 0.2) is 60.9 Å². The summed E-state index contributed by atoms with van der Waals surface area (Å²) in [5.74, 6) is 2.58. The third kappa shape index (κ3) is 6.62. The van der Waals surface area contributed by atoms with Crippen LogP contribution < -0.4 is 14.2 Å². The molecular formula is C24H28O4. The standard InChI is InChI=1S/C24H28O4/c1-16(2)26-21-11-7-19(8-12-21)23(25)14-10-20-9-13-22(27-17(3)4)15-24(20)28-18(5)6/h7-15,17-18H,1H2,2-6H3/b14-10+. The highest BCUT2D eigenvalue weighted by Crippen LogP contribution is 2.28. The van der Waals surface area contributed by atoms with Gasteiger partial charge in [-0.05, 0) is 83.2 Å². The fraction of sp³-hybridized carbons (Fsp3) is 0.292. The number of allylic oxidation sites excluding steroid dienone is 2. The predicted octanol–water partition coefficient (Wildman–Crippen LogP) is 6.07. The van der Waals surface area contributed by atoms with Crippen molar-refractivity contribution in [3.8, 4) is 17.2 Å². The van der Waals surface area contributed by atoms with Crippen LogP contribution in [0.1, 0.15) is 50.5 Å². The first-order chi connectivity index (χ1) is 13.2. The molecule has 28 heavy (non-hydrogen) atoms. The smallest absolute Gasteiger partial charge is 0.185 e. The average Bonchev–Trinajstić information content (AvgIpc) is 2.60. The van der Waals surface area contributed by atoms with E-state index in [2.05, 4.69) is 6.58 Å². The average molecular weight is 380 g/mol. The maximum Gasteiger partial charge on any atom is 0.185 e. The van der Waals surface area contributed by atoms with E-state index < -0.39 is 0 Å². The van der Waals surface area contributed by atoms with Gasteiger partial charge in [0.2, 0.25) is 0 Å². The molecular weight excluding hydrogens is 352 g/mol. The van der Waals surface area contributed by atoms with E-state index in [4.69, 9.17) is 14.2 Å². The van der Waals surface area contributed by atoms with Crippen molar-refractivity contribution >= 4 is 11.9 Å². The molecule has 0 saturated heterocycles. The molecule has 0 heterocycles. The molecule has 148 valence electrons. The van der Waals surface area contributed by atoms with Gasteiger partial charge in [0.05, 0.1) is 18.0 Å². The zero-order chi connectivity index (χ0) is 20.7. The van der Waals surface area contributed by atoms with Crippen LogP contribution in [-0.4, -0.2) is 18.0 Å². The monoisotopic (exact) mass is 380 g/mol. The van der Waals surface area contributed by atoms with Gasteiger partial charge in [0.1, 0.15) is 17.2 Å². The molecule has 0 aliphatic heterocycles. The Hall–Kier alpha value is -3.01. The quantitative estimate of drug-likeness (QED) is 0.301. The van der Waals surface area contributed by atoms with Gasteiger partial charge in [-0.15, -0.1) is 0 Å². The predicted molar refractivity (Wildman–Crippen MR) is 113 cm³/mol. The van der Waals surface area contributed by atoms with Gasteiger partial charge in [0.15, 0.2) is 5.78 Å². The molecule has 0 atom stereocenters. The maximum absolute atomic E-state index is 12.5. The summed E-state index contributed by atoms with van der Waals surface area (Å²) in [6.45, 7) is 13.3. The van der Waals surface area contributed by atoms with Crippen molar-refractivity contribution in [3.05, 3.63) is 72.0 Å². The normalized spacial score (nSPS) is 11.1. The molecule has 0 aromatic heterocycles. The van der Waals surface area contributed by atoms with Crippen molar-refractivity contribution in [1.82, 2.24) is 0 Å². The van der Waals surface area contributed by atoms with E-state index in [1.165, 1.54) is 0 Å². The van der Waals surface area contributed by atoms with Crippen molar-refractivity contribution in [2.75, 3.05) is 0 Å². The van der Waals surface area contributed by atoms with Gasteiger partial charge in [-0.25, -0.2) is 0 Å². The Morgan fingerprint density at radius 1 is 0.929 bits per heavy atom. The molecule has 0 aliphatic carbocycles. The zero-order valence-electron chi connectivity index (χ0n) is 17.2. The molecule has 0 saturated carbocycles. The van der Waals surface area contributed by atoms with Crippen LogP contribution in [0.2, 0.25) is 0 Å². The van der Waals surface area contributed by atoms with E-state index in [9.17, 15) is 4.79 Å². The number of ketones is 1. The van der Waals surface area contributed by atoms with Crippen molar-refractivity contribution in [3.63, 3.8) is 0 Å². The van der Waals surface area contributed by atoms with Crippen LogP contribution in [0.25, 0.3) is 6.08 Å². The van der Waals surface area contributed by atoms with Gasteiger partial charge >= 0.3 is 0 Å². The fourth-order valence-electron chi connectivity index (χ4n) is 2.50. The molecule has 0 radical (unpaired) electrons. The summed E-state index contributed by atoms with van der Waals surface area (Å²) in [5.41, 5.74) is 1.40. The van der Waals surface area contributed by atoms with Crippen LogP contribution in [0.4, 0.5) is 0 Å². The van der Waals surface area contributed by atoms with Gasteiger partial charge in [-0.1, -0.05) is 6.58 Å². The highest BCUT2D eigenvalue weighted by molar-refractivity contribution is 6.07. The van der Waals surface area contributed by atoms with Gasteiger partial charge < -0.3 is 14.2 Å². The molecule has 0 bridgehead atoms. The molecule has 0 fully saturated rings. The third-order valence-electron chi connectivity index (χ3n) is 3.56. The highest BCUT2D eigenvalue weighted by atomic mass is 16.5. The summed E-state index contributed by atoms with van der Waals surface area (Å²) in [6.07, 6.45) is 3.39. The Kier molecular flexibility index (Phi) is 7.44. The second-order valence-corrected chi connectivity index (χ2v) is 7.06. The number of carbonyl (C=O) groups excluding carboxylic acids is 1. The maximum atomic E-state index is 12.5. The van der Waals surface area contributed by atoms with E-state index in [1.54, 1.807) is 43.3 Å². The van der Waals surface area contributed by atoms with E-state index in [1.807, 2.05) is 45.9 Å². The summed E-state index contributed by atoms with van der Waals surface area (Å²) < 4.78 is 17.0. The van der Waals surface area contributed by atoms with Crippen molar-refractivity contribution in [2.24, 2.45) is 0 Å². The molecule has 2 rings (SSSR count). The Morgan fingerprint density at radius 3 is 2.11 bits per heavy atom. The number of rotatable bonds is 9. The topological polar surface area (TPSA) is 44.8 Å². The van der Waals surface area contributed by atoms with Crippen LogP contribution >= 0.6 is 0 Å². The summed E-state index contributed by atoms with van der Waals surface area (Å²) in [7, 11) is 0. The van der Waals surface area contributed by atoms with E-state index >= 15 is 0 Å². The van der Waals surface area contributed by atoms with E-state index in [0.29, 0.717) is 22.8 Å². The van der Waals surface area contributed by atoms with Crippen LogP contribution in [-0.2, 0) is 0 Å². The Balaban J connectivity index is 2.19. The first kappa shape index (κ1) is 21.3. The highest BCUT2D eigenvalue weighted by Gasteiger charge is 2.09.